The largest absolute Gasteiger partial charge is 0.472 e. The number of carbonyl (C=O) groups excluding carboxylic acids is 4. The average Bonchev–Trinajstić information content (AvgIpc) is 1.04. The molecule has 0 aliphatic rings. The van der Waals surface area contributed by atoms with Crippen molar-refractivity contribution in [2.75, 3.05) is 39.6 Å². The molecule has 98 heavy (non-hydrogen) atoms. The summed E-state index contributed by atoms with van der Waals surface area (Å²) in [6.45, 7) is 7.26. The molecule has 0 aliphatic carbocycles. The molecular formula is C79H150O17P2. The van der Waals surface area contributed by atoms with Crippen LogP contribution in [0.3, 0.4) is 0 Å². The molecule has 578 valence electrons. The van der Waals surface area contributed by atoms with Crippen LogP contribution in [-0.4, -0.2) is 96.7 Å². The van der Waals surface area contributed by atoms with E-state index in [1.54, 1.807) is 0 Å². The predicted molar refractivity (Wildman–Crippen MR) is 400 cm³/mol. The van der Waals surface area contributed by atoms with Gasteiger partial charge in [0, 0.05) is 25.7 Å². The van der Waals surface area contributed by atoms with E-state index >= 15 is 0 Å². The van der Waals surface area contributed by atoms with Crippen molar-refractivity contribution < 1.29 is 80.2 Å². The molecule has 17 nitrogen and oxygen atoms in total. The SMILES string of the molecule is CCCCCC/C=C\C=C/CCCCCCCC(=O)OC[C@H](COP(=O)(O)OC[C@@H](O)COP(=O)(O)OC[C@@H](COC(=O)CCCCCCCCCCC(C)CC)OC(=O)CCCCCCCCCCCCCCCCC)OC(=O)CCCCCCCCCCCCCCCCCC. The van der Waals surface area contributed by atoms with Crippen LogP contribution in [-0.2, 0) is 65.4 Å². The molecule has 19 heteroatoms. The van der Waals surface area contributed by atoms with Gasteiger partial charge in [-0.05, 0) is 57.3 Å². The molecule has 0 rings (SSSR count). The third kappa shape index (κ3) is 70.6. The number of phosphoric ester groups is 2. The maximum absolute atomic E-state index is 13.1. The fourth-order valence-electron chi connectivity index (χ4n) is 11.7. The highest BCUT2D eigenvalue weighted by atomic mass is 31.2. The van der Waals surface area contributed by atoms with E-state index in [1.807, 2.05) is 0 Å². The van der Waals surface area contributed by atoms with Crippen LogP contribution >= 0.6 is 15.6 Å². The van der Waals surface area contributed by atoms with Gasteiger partial charge in [-0.15, -0.1) is 0 Å². The van der Waals surface area contributed by atoms with Crippen molar-refractivity contribution in [3.63, 3.8) is 0 Å². The smallest absolute Gasteiger partial charge is 0.462 e. The van der Waals surface area contributed by atoms with Crippen LogP contribution in [0, 0.1) is 5.92 Å². The van der Waals surface area contributed by atoms with Crippen LogP contribution in [0.5, 0.6) is 0 Å². The molecule has 0 radical (unpaired) electrons. The fraction of sp³-hybridized carbons (Fsp3) is 0.899. The molecule has 0 aliphatic heterocycles. The fourth-order valence-corrected chi connectivity index (χ4v) is 13.2. The maximum atomic E-state index is 13.1. The summed E-state index contributed by atoms with van der Waals surface area (Å²) >= 11 is 0. The highest BCUT2D eigenvalue weighted by Gasteiger charge is 2.30. The summed E-state index contributed by atoms with van der Waals surface area (Å²) in [6, 6.07) is 0. The minimum absolute atomic E-state index is 0.102. The number of aliphatic hydroxyl groups is 1. The van der Waals surface area contributed by atoms with Crippen molar-refractivity contribution in [3.05, 3.63) is 24.3 Å². The van der Waals surface area contributed by atoms with E-state index in [1.165, 1.54) is 199 Å². The summed E-state index contributed by atoms with van der Waals surface area (Å²) in [4.78, 5) is 73.0. The van der Waals surface area contributed by atoms with E-state index in [4.69, 9.17) is 37.0 Å². The van der Waals surface area contributed by atoms with Gasteiger partial charge in [0.2, 0.25) is 0 Å². The van der Waals surface area contributed by atoms with Gasteiger partial charge in [0.05, 0.1) is 26.4 Å². The number of esters is 4. The minimum Gasteiger partial charge on any atom is -0.462 e. The Bertz CT molecular complexity index is 1970. The highest BCUT2D eigenvalue weighted by Crippen LogP contribution is 2.45. The van der Waals surface area contributed by atoms with Gasteiger partial charge in [-0.3, -0.25) is 37.3 Å². The Balaban J connectivity index is 5.30. The summed E-state index contributed by atoms with van der Waals surface area (Å²) in [7, 11) is -9.93. The lowest BCUT2D eigenvalue weighted by molar-refractivity contribution is -0.161. The Morgan fingerprint density at radius 3 is 0.867 bits per heavy atom. The molecule has 0 heterocycles. The van der Waals surface area contributed by atoms with E-state index < -0.39 is 97.5 Å². The summed E-state index contributed by atoms with van der Waals surface area (Å²) < 4.78 is 68.6. The van der Waals surface area contributed by atoms with Gasteiger partial charge < -0.3 is 33.8 Å². The number of hydrogen-bond donors (Lipinski definition) is 3. The van der Waals surface area contributed by atoms with Crippen molar-refractivity contribution in [1.82, 2.24) is 0 Å². The van der Waals surface area contributed by atoms with Crippen molar-refractivity contribution in [1.29, 1.82) is 0 Å². The number of hydrogen-bond acceptors (Lipinski definition) is 15. The van der Waals surface area contributed by atoms with Crippen LogP contribution in [0.1, 0.15) is 394 Å². The zero-order chi connectivity index (χ0) is 71.9. The minimum atomic E-state index is -4.97. The molecule has 0 fully saturated rings. The van der Waals surface area contributed by atoms with Crippen LogP contribution in [0.2, 0.25) is 0 Å². The molecule has 0 amide bonds. The van der Waals surface area contributed by atoms with Crippen molar-refractivity contribution in [2.45, 2.75) is 412 Å². The van der Waals surface area contributed by atoms with Crippen LogP contribution < -0.4 is 0 Å². The molecule has 0 aromatic carbocycles. The second-order valence-corrected chi connectivity index (χ2v) is 30.9. The Kier molecular flexibility index (Phi) is 69.7. The van der Waals surface area contributed by atoms with Gasteiger partial charge >= 0.3 is 39.5 Å². The van der Waals surface area contributed by atoms with Gasteiger partial charge in [0.25, 0.3) is 0 Å². The van der Waals surface area contributed by atoms with E-state index in [0.29, 0.717) is 25.7 Å². The Labute approximate surface area is 599 Å². The molecule has 0 spiro atoms. The average molecular weight is 1430 g/mol. The Hall–Kier alpha value is -2.46. The zero-order valence-corrected chi connectivity index (χ0v) is 65.2. The molecule has 0 aromatic heterocycles. The number of allylic oxidation sites excluding steroid dienone is 4. The quantitative estimate of drug-likeness (QED) is 0.0169. The van der Waals surface area contributed by atoms with Gasteiger partial charge in [-0.2, -0.15) is 0 Å². The molecule has 0 saturated heterocycles. The van der Waals surface area contributed by atoms with Gasteiger partial charge in [0.15, 0.2) is 12.2 Å². The molecule has 0 bridgehead atoms. The van der Waals surface area contributed by atoms with E-state index in [2.05, 4.69) is 58.9 Å². The number of aliphatic hydroxyl groups excluding tert-OH is 1. The summed E-state index contributed by atoms with van der Waals surface area (Å²) in [5.74, 6) is -1.36. The first kappa shape index (κ1) is 95.5. The van der Waals surface area contributed by atoms with Crippen LogP contribution in [0.15, 0.2) is 24.3 Å². The normalized spacial score (nSPS) is 14.3. The molecule has 6 atom stereocenters. The van der Waals surface area contributed by atoms with E-state index in [-0.39, 0.29) is 25.7 Å². The van der Waals surface area contributed by atoms with Crippen LogP contribution in [0.4, 0.5) is 0 Å². The van der Waals surface area contributed by atoms with E-state index in [9.17, 15) is 43.2 Å². The standard InChI is InChI=1S/C79H150O17P2/c1-6-10-13-16-19-22-25-28-31-34-37-40-43-50-55-60-65-78(83)95-74(68-89-76(81)62-57-52-47-41-38-35-32-29-26-23-20-17-14-11-7-2)70-93-97(85,86)91-66-73(80)67-92-98(87,88)94-71-75(69-90-77(82)63-58-53-48-45-44-46-51-56-61-72(5)9-4)96-79(84)64-59-54-49-42-39-36-33-30-27-24-21-18-15-12-8-3/h23,26,29,32,72-75,80H,6-22,24-25,27-28,30-31,33-71H2,1-5H3,(H,85,86)(H,87,88)/b26-23-,32-29-/t72?,73-,74-,75-/m1/s1. The van der Waals surface area contributed by atoms with Crippen molar-refractivity contribution in [3.8, 4) is 0 Å². The second kappa shape index (κ2) is 71.5. The third-order valence-corrected chi connectivity index (χ3v) is 20.2. The first-order valence-corrected chi connectivity index (χ1v) is 43.5. The Morgan fingerprint density at radius 2 is 0.571 bits per heavy atom. The molecule has 3 unspecified atom stereocenters. The number of carbonyl (C=O) groups is 4. The zero-order valence-electron chi connectivity index (χ0n) is 63.4. The lowest BCUT2D eigenvalue weighted by atomic mass is 9.99. The monoisotopic (exact) mass is 1430 g/mol. The lowest BCUT2D eigenvalue weighted by Crippen LogP contribution is -2.30. The predicted octanol–water partition coefficient (Wildman–Crippen LogP) is 23.2. The first-order valence-electron chi connectivity index (χ1n) is 40.5. The number of rotatable bonds is 77. The van der Waals surface area contributed by atoms with Crippen molar-refractivity contribution in [2.24, 2.45) is 5.92 Å². The number of phosphoric acid groups is 2. The first-order chi connectivity index (χ1) is 47.6. The van der Waals surface area contributed by atoms with Gasteiger partial charge in [-0.25, -0.2) is 9.13 Å². The number of unbranched alkanes of at least 4 members (excludes halogenated alkanes) is 45. The van der Waals surface area contributed by atoms with E-state index in [0.717, 1.165) is 115 Å². The summed E-state index contributed by atoms with van der Waals surface area (Å²) in [5.41, 5.74) is 0. The molecule has 0 saturated carbocycles. The lowest BCUT2D eigenvalue weighted by Gasteiger charge is -2.21. The summed E-state index contributed by atoms with van der Waals surface area (Å²) in [6.07, 6.45) is 64.4. The maximum Gasteiger partial charge on any atom is 0.472 e. The van der Waals surface area contributed by atoms with Gasteiger partial charge in [-0.1, -0.05) is 341 Å². The highest BCUT2D eigenvalue weighted by molar-refractivity contribution is 7.47. The van der Waals surface area contributed by atoms with Gasteiger partial charge in [0.1, 0.15) is 19.3 Å². The Morgan fingerprint density at radius 1 is 0.327 bits per heavy atom. The second-order valence-electron chi connectivity index (χ2n) is 28.0. The third-order valence-electron chi connectivity index (χ3n) is 18.3. The van der Waals surface area contributed by atoms with Crippen LogP contribution in [0.25, 0.3) is 0 Å². The molecular weight excluding hydrogens is 1280 g/mol. The summed E-state index contributed by atoms with van der Waals surface area (Å²) in [5, 5.41) is 10.6. The molecule has 3 N–H and O–H groups in total. The topological polar surface area (TPSA) is 237 Å². The molecule has 0 aromatic rings. The van der Waals surface area contributed by atoms with Crippen molar-refractivity contribution >= 4 is 39.5 Å². The number of ether oxygens (including phenoxy) is 4.